The summed E-state index contributed by atoms with van der Waals surface area (Å²) in [6.45, 7) is 4.07. The number of carbonyl (C=O) groups is 1. The Labute approximate surface area is 108 Å². The molecule has 4 nitrogen and oxygen atoms in total. The van der Waals surface area contributed by atoms with E-state index in [0.29, 0.717) is 6.61 Å². The highest BCUT2D eigenvalue weighted by atomic mass is 16.5. The fourth-order valence-corrected chi connectivity index (χ4v) is 2.41. The van der Waals surface area contributed by atoms with E-state index in [1.165, 1.54) is 5.56 Å². The molecule has 0 bridgehead atoms. The second kappa shape index (κ2) is 6.50. The van der Waals surface area contributed by atoms with Gasteiger partial charge in [0.05, 0.1) is 6.61 Å². The number of ether oxygens (including phenoxy) is 1. The lowest BCUT2D eigenvalue weighted by Crippen LogP contribution is -2.44. The first-order valence-corrected chi connectivity index (χ1v) is 6.61. The molecule has 2 rings (SSSR count). The summed E-state index contributed by atoms with van der Waals surface area (Å²) in [5.41, 5.74) is 1.20. The van der Waals surface area contributed by atoms with Gasteiger partial charge >= 0.3 is 5.97 Å². The molecule has 0 amide bonds. The molecule has 0 aromatic carbocycles. The summed E-state index contributed by atoms with van der Waals surface area (Å²) in [4.78, 5) is 18.2. The zero-order valence-corrected chi connectivity index (χ0v) is 10.8. The maximum Gasteiger partial charge on any atom is 0.323 e. The second-order valence-corrected chi connectivity index (χ2v) is 4.59. The number of pyridine rings is 1. The summed E-state index contributed by atoms with van der Waals surface area (Å²) in [5.74, 6) is -0.0775. The molecular formula is C14H20N2O2. The fourth-order valence-electron chi connectivity index (χ4n) is 2.41. The van der Waals surface area contributed by atoms with Crippen molar-refractivity contribution in [3.05, 3.63) is 30.1 Å². The van der Waals surface area contributed by atoms with Gasteiger partial charge < -0.3 is 4.74 Å². The molecule has 1 fully saturated rings. The normalized spacial score (nSPS) is 20.6. The molecule has 0 spiro atoms. The number of hydrogen-bond acceptors (Lipinski definition) is 4. The molecule has 2 heterocycles. The van der Waals surface area contributed by atoms with Crippen LogP contribution in [-0.4, -0.2) is 35.0 Å². The number of rotatable bonds is 4. The monoisotopic (exact) mass is 248 g/mol. The highest BCUT2D eigenvalue weighted by Crippen LogP contribution is 2.20. The van der Waals surface area contributed by atoms with Crippen LogP contribution in [0.1, 0.15) is 31.7 Å². The Balaban J connectivity index is 2.01. The third kappa shape index (κ3) is 3.29. The number of hydrogen-bond donors (Lipinski definition) is 0. The summed E-state index contributed by atoms with van der Waals surface area (Å²) < 4.78 is 5.16. The third-order valence-corrected chi connectivity index (χ3v) is 3.31. The van der Waals surface area contributed by atoms with Crippen molar-refractivity contribution in [2.45, 2.75) is 38.8 Å². The van der Waals surface area contributed by atoms with E-state index in [-0.39, 0.29) is 12.0 Å². The van der Waals surface area contributed by atoms with E-state index in [9.17, 15) is 4.79 Å². The van der Waals surface area contributed by atoms with Crippen molar-refractivity contribution >= 4 is 5.97 Å². The first-order valence-electron chi connectivity index (χ1n) is 6.61. The Morgan fingerprint density at radius 2 is 2.22 bits per heavy atom. The van der Waals surface area contributed by atoms with Gasteiger partial charge in [0.2, 0.25) is 0 Å². The highest BCUT2D eigenvalue weighted by Gasteiger charge is 2.29. The molecule has 1 aliphatic rings. The maximum atomic E-state index is 11.9. The van der Waals surface area contributed by atoms with Crippen molar-refractivity contribution in [1.29, 1.82) is 0 Å². The predicted molar refractivity (Wildman–Crippen MR) is 68.9 cm³/mol. The average Bonchev–Trinajstić information content (AvgIpc) is 2.41. The molecular weight excluding hydrogens is 228 g/mol. The van der Waals surface area contributed by atoms with E-state index in [2.05, 4.69) is 9.88 Å². The number of esters is 1. The smallest absolute Gasteiger partial charge is 0.323 e. The topological polar surface area (TPSA) is 42.4 Å². The van der Waals surface area contributed by atoms with Crippen LogP contribution in [0.5, 0.6) is 0 Å². The van der Waals surface area contributed by atoms with Crippen molar-refractivity contribution < 1.29 is 9.53 Å². The van der Waals surface area contributed by atoms with Gasteiger partial charge in [-0.15, -0.1) is 0 Å². The van der Waals surface area contributed by atoms with Crippen LogP contribution in [0.3, 0.4) is 0 Å². The van der Waals surface area contributed by atoms with Gasteiger partial charge in [0.1, 0.15) is 6.04 Å². The van der Waals surface area contributed by atoms with Gasteiger partial charge in [-0.05, 0) is 44.0 Å². The van der Waals surface area contributed by atoms with Gasteiger partial charge in [-0.1, -0.05) is 6.42 Å². The molecule has 1 unspecified atom stereocenters. The van der Waals surface area contributed by atoms with Gasteiger partial charge in [-0.25, -0.2) is 0 Å². The van der Waals surface area contributed by atoms with Crippen LogP contribution < -0.4 is 0 Å². The van der Waals surface area contributed by atoms with Gasteiger partial charge in [-0.2, -0.15) is 0 Å². The van der Waals surface area contributed by atoms with Gasteiger partial charge in [-0.3, -0.25) is 14.7 Å². The number of piperidine rings is 1. The van der Waals surface area contributed by atoms with Crippen LogP contribution >= 0.6 is 0 Å². The van der Waals surface area contributed by atoms with E-state index in [0.717, 1.165) is 32.4 Å². The van der Waals surface area contributed by atoms with Gasteiger partial charge in [0.25, 0.3) is 0 Å². The predicted octanol–water partition coefficient (Wildman–Crippen LogP) is 2.00. The van der Waals surface area contributed by atoms with E-state index >= 15 is 0 Å². The summed E-state index contributed by atoms with van der Waals surface area (Å²) in [7, 11) is 0. The molecule has 1 aliphatic heterocycles. The average molecular weight is 248 g/mol. The Hall–Kier alpha value is -1.42. The fraction of sp³-hybridized carbons (Fsp3) is 0.571. The van der Waals surface area contributed by atoms with Gasteiger partial charge in [0.15, 0.2) is 0 Å². The molecule has 98 valence electrons. The molecule has 0 aliphatic carbocycles. The molecule has 18 heavy (non-hydrogen) atoms. The van der Waals surface area contributed by atoms with Crippen LogP contribution in [0, 0.1) is 0 Å². The second-order valence-electron chi connectivity index (χ2n) is 4.59. The largest absolute Gasteiger partial charge is 0.465 e. The molecule has 0 radical (unpaired) electrons. The first-order chi connectivity index (χ1) is 8.81. The molecule has 0 N–H and O–H groups in total. The van der Waals surface area contributed by atoms with Crippen molar-refractivity contribution in [2.24, 2.45) is 0 Å². The number of carbonyl (C=O) groups excluding carboxylic acids is 1. The Morgan fingerprint density at radius 1 is 1.44 bits per heavy atom. The lowest BCUT2D eigenvalue weighted by molar-refractivity contribution is -0.151. The van der Waals surface area contributed by atoms with Crippen molar-refractivity contribution in [2.75, 3.05) is 13.2 Å². The minimum atomic E-state index is -0.0775. The van der Waals surface area contributed by atoms with Gasteiger partial charge in [0, 0.05) is 18.9 Å². The van der Waals surface area contributed by atoms with Crippen LogP contribution in [0.2, 0.25) is 0 Å². The Kier molecular flexibility index (Phi) is 4.70. The summed E-state index contributed by atoms with van der Waals surface area (Å²) in [6, 6.07) is 3.92. The Bertz CT molecular complexity index is 381. The number of likely N-dealkylation sites (tertiary alicyclic amines) is 1. The zero-order valence-electron chi connectivity index (χ0n) is 10.8. The molecule has 1 aromatic heterocycles. The lowest BCUT2D eigenvalue weighted by Gasteiger charge is -2.33. The molecule has 0 saturated carbocycles. The van der Waals surface area contributed by atoms with E-state index in [1.54, 1.807) is 12.4 Å². The molecule has 1 atom stereocenters. The summed E-state index contributed by atoms with van der Waals surface area (Å²) in [5, 5.41) is 0. The molecule has 1 saturated heterocycles. The van der Waals surface area contributed by atoms with Crippen molar-refractivity contribution in [3.63, 3.8) is 0 Å². The summed E-state index contributed by atoms with van der Waals surface area (Å²) >= 11 is 0. The van der Waals surface area contributed by atoms with Crippen molar-refractivity contribution in [1.82, 2.24) is 9.88 Å². The first kappa shape index (κ1) is 13.0. The van der Waals surface area contributed by atoms with E-state index in [4.69, 9.17) is 4.74 Å². The zero-order chi connectivity index (χ0) is 12.8. The summed E-state index contributed by atoms with van der Waals surface area (Å²) in [6.07, 6.45) is 6.75. The minimum absolute atomic E-state index is 0.0770. The standard InChI is InChI=1S/C14H20N2O2/c1-2-18-14(17)13-5-3-4-10-16(13)11-12-6-8-15-9-7-12/h6-9,13H,2-5,10-11H2,1H3. The van der Waals surface area contributed by atoms with Crippen LogP contribution in [0.15, 0.2) is 24.5 Å². The minimum Gasteiger partial charge on any atom is -0.465 e. The van der Waals surface area contributed by atoms with Crippen LogP contribution in [0.4, 0.5) is 0 Å². The van der Waals surface area contributed by atoms with Crippen LogP contribution in [0.25, 0.3) is 0 Å². The quantitative estimate of drug-likeness (QED) is 0.764. The number of nitrogens with zero attached hydrogens (tertiary/aromatic N) is 2. The Morgan fingerprint density at radius 3 is 2.94 bits per heavy atom. The van der Waals surface area contributed by atoms with Crippen molar-refractivity contribution in [3.8, 4) is 0 Å². The third-order valence-electron chi connectivity index (χ3n) is 3.31. The highest BCUT2D eigenvalue weighted by molar-refractivity contribution is 5.75. The molecule has 4 heteroatoms. The van der Waals surface area contributed by atoms with Crippen LogP contribution in [-0.2, 0) is 16.1 Å². The SMILES string of the molecule is CCOC(=O)C1CCCCN1Cc1ccncc1. The van der Waals surface area contributed by atoms with E-state index < -0.39 is 0 Å². The molecule has 1 aromatic rings. The lowest BCUT2D eigenvalue weighted by atomic mass is 10.0. The van der Waals surface area contributed by atoms with E-state index in [1.807, 2.05) is 19.1 Å². The maximum absolute atomic E-state index is 11.9. The number of aromatic nitrogens is 1.